The molecule has 1 aromatic heterocycles. The Morgan fingerprint density at radius 1 is 1.38 bits per heavy atom. The number of benzene rings is 1. The molecule has 7 nitrogen and oxygen atoms in total. The van der Waals surface area contributed by atoms with E-state index in [4.69, 9.17) is 10.00 Å². The monoisotopic (exact) mass is 410 g/mol. The van der Waals surface area contributed by atoms with Gasteiger partial charge in [-0.2, -0.15) is 5.26 Å². The molecule has 150 valence electrons. The van der Waals surface area contributed by atoms with Crippen molar-refractivity contribution < 1.29 is 14.3 Å². The highest BCUT2D eigenvalue weighted by molar-refractivity contribution is 7.99. The van der Waals surface area contributed by atoms with Gasteiger partial charge in [-0.1, -0.05) is 6.07 Å². The number of carbonyl (C=O) groups excluding carboxylic acids is 2. The Morgan fingerprint density at radius 2 is 2.28 bits per heavy atom. The van der Waals surface area contributed by atoms with E-state index >= 15 is 0 Å². The van der Waals surface area contributed by atoms with Crippen molar-refractivity contribution in [1.29, 1.82) is 5.26 Å². The van der Waals surface area contributed by atoms with E-state index in [2.05, 4.69) is 16.4 Å². The van der Waals surface area contributed by atoms with Crippen LogP contribution in [0.25, 0.3) is 10.9 Å². The first-order valence-electron chi connectivity index (χ1n) is 9.66. The van der Waals surface area contributed by atoms with Crippen LogP contribution in [0.1, 0.15) is 22.3 Å². The fourth-order valence-corrected chi connectivity index (χ4v) is 4.85. The highest BCUT2D eigenvalue weighted by Crippen LogP contribution is 2.23. The highest BCUT2D eigenvalue weighted by Gasteiger charge is 2.29. The molecule has 2 atom stereocenters. The highest BCUT2D eigenvalue weighted by atomic mass is 32.2. The molecule has 8 heteroatoms. The number of amides is 2. The number of fused-ring (bicyclic) bond motifs is 1. The van der Waals surface area contributed by atoms with Gasteiger partial charge in [-0.25, -0.2) is 0 Å². The van der Waals surface area contributed by atoms with Crippen LogP contribution in [0.15, 0.2) is 30.5 Å². The van der Waals surface area contributed by atoms with Crippen molar-refractivity contribution in [2.45, 2.75) is 18.9 Å². The number of hydrogen-bond acceptors (Lipinski definition) is 6. The molecule has 1 N–H and O–H groups in total. The minimum Gasteiger partial charge on any atom is -0.381 e. The van der Waals surface area contributed by atoms with Crippen LogP contribution in [-0.2, 0) is 16.0 Å². The average molecular weight is 410 g/mol. The molecule has 0 radical (unpaired) electrons. The number of rotatable bonds is 5. The Balaban J connectivity index is 1.47. The van der Waals surface area contributed by atoms with Gasteiger partial charge in [0.05, 0.1) is 29.6 Å². The number of ether oxygens (including phenoxy) is 1. The topological polar surface area (TPSA) is 95.3 Å². The van der Waals surface area contributed by atoms with Crippen molar-refractivity contribution >= 4 is 34.5 Å². The molecule has 0 aliphatic carbocycles. The van der Waals surface area contributed by atoms with Gasteiger partial charge in [-0.05, 0) is 42.5 Å². The van der Waals surface area contributed by atoms with Gasteiger partial charge in [0.15, 0.2) is 0 Å². The minimum atomic E-state index is -0.423. The predicted molar refractivity (Wildman–Crippen MR) is 110 cm³/mol. The van der Waals surface area contributed by atoms with Crippen molar-refractivity contribution in [1.82, 2.24) is 15.2 Å². The van der Waals surface area contributed by atoms with Gasteiger partial charge in [-0.3, -0.25) is 14.6 Å². The summed E-state index contributed by atoms with van der Waals surface area (Å²) in [6.45, 7) is 1.46. The summed E-state index contributed by atoms with van der Waals surface area (Å²) in [7, 11) is 0. The molecule has 29 heavy (non-hydrogen) atoms. The summed E-state index contributed by atoms with van der Waals surface area (Å²) in [5, 5.41) is 12.6. The Hall–Kier alpha value is -2.63. The zero-order valence-electron chi connectivity index (χ0n) is 16.0. The Bertz CT molecular complexity index is 968. The molecular weight excluding hydrogens is 388 g/mol. The summed E-state index contributed by atoms with van der Waals surface area (Å²) >= 11 is 1.54. The molecule has 2 aliphatic heterocycles. The first-order valence-corrected chi connectivity index (χ1v) is 10.8. The molecular formula is C21H22N4O3S. The summed E-state index contributed by atoms with van der Waals surface area (Å²) in [6, 6.07) is 9.37. The van der Waals surface area contributed by atoms with Crippen molar-refractivity contribution in [2.75, 3.05) is 31.4 Å². The maximum absolute atomic E-state index is 12.8. The van der Waals surface area contributed by atoms with Gasteiger partial charge in [0.25, 0.3) is 5.91 Å². The lowest BCUT2D eigenvalue weighted by Gasteiger charge is -2.18. The van der Waals surface area contributed by atoms with Crippen LogP contribution >= 0.6 is 11.8 Å². The van der Waals surface area contributed by atoms with Crippen LogP contribution < -0.4 is 5.32 Å². The summed E-state index contributed by atoms with van der Waals surface area (Å²) in [6.07, 6.45) is 3.57. The largest absolute Gasteiger partial charge is 0.381 e. The van der Waals surface area contributed by atoms with Crippen LogP contribution in [0.5, 0.6) is 0 Å². The van der Waals surface area contributed by atoms with E-state index in [0.717, 1.165) is 42.5 Å². The number of hydrogen-bond donors (Lipinski definition) is 1. The van der Waals surface area contributed by atoms with Gasteiger partial charge in [-0.15, -0.1) is 11.8 Å². The third-order valence-electron chi connectivity index (χ3n) is 5.35. The Morgan fingerprint density at radius 3 is 3.07 bits per heavy atom. The zero-order chi connectivity index (χ0) is 20.2. The molecule has 1 aromatic carbocycles. The van der Waals surface area contributed by atoms with Crippen LogP contribution in [0.3, 0.4) is 0 Å². The van der Waals surface area contributed by atoms with Gasteiger partial charge in [0.2, 0.25) is 5.91 Å². The summed E-state index contributed by atoms with van der Waals surface area (Å²) in [5.74, 6) is 1.05. The van der Waals surface area contributed by atoms with E-state index in [9.17, 15) is 9.59 Å². The number of nitriles is 1. The summed E-state index contributed by atoms with van der Waals surface area (Å²) < 4.78 is 5.46. The Labute approximate surface area is 173 Å². The van der Waals surface area contributed by atoms with Gasteiger partial charge >= 0.3 is 0 Å². The van der Waals surface area contributed by atoms with Gasteiger partial charge in [0, 0.05) is 30.5 Å². The van der Waals surface area contributed by atoms with Crippen molar-refractivity contribution in [2.24, 2.45) is 5.92 Å². The van der Waals surface area contributed by atoms with Crippen molar-refractivity contribution in [3.8, 4) is 6.07 Å². The molecule has 2 fully saturated rings. The SMILES string of the molecule is N#C[C@@H]1CSCN1C(=O)CNC(=O)c1ccnc2ccc(C[C@H]3CCOC3)cc12. The van der Waals surface area contributed by atoms with E-state index in [1.54, 1.807) is 24.0 Å². The maximum atomic E-state index is 12.8. The molecule has 0 bridgehead atoms. The van der Waals surface area contributed by atoms with E-state index in [1.165, 1.54) is 4.90 Å². The van der Waals surface area contributed by atoms with Crippen molar-refractivity contribution in [3.63, 3.8) is 0 Å². The van der Waals surface area contributed by atoms with Crippen LogP contribution in [0.4, 0.5) is 0 Å². The summed E-state index contributed by atoms with van der Waals surface area (Å²) in [5.41, 5.74) is 2.40. The second kappa shape index (κ2) is 8.80. The molecule has 2 aliphatic rings. The smallest absolute Gasteiger partial charge is 0.252 e. The number of thioether (sulfide) groups is 1. The lowest BCUT2D eigenvalue weighted by molar-refractivity contribution is -0.129. The number of pyridine rings is 1. The molecule has 3 heterocycles. The molecule has 2 aromatic rings. The number of nitrogens with one attached hydrogen (secondary N) is 1. The second-order valence-corrected chi connectivity index (χ2v) is 8.33. The molecule has 0 spiro atoms. The van der Waals surface area contributed by atoms with E-state index in [1.807, 2.05) is 18.2 Å². The summed E-state index contributed by atoms with van der Waals surface area (Å²) in [4.78, 5) is 31.0. The van der Waals surface area contributed by atoms with E-state index < -0.39 is 6.04 Å². The normalized spacial score (nSPS) is 21.3. The number of nitrogens with zero attached hydrogens (tertiary/aromatic N) is 3. The zero-order valence-corrected chi connectivity index (χ0v) is 16.8. The molecule has 2 saturated heterocycles. The number of carbonyl (C=O) groups is 2. The van der Waals surface area contributed by atoms with E-state index in [0.29, 0.717) is 23.1 Å². The molecule has 0 unspecified atom stereocenters. The minimum absolute atomic E-state index is 0.125. The third-order valence-corrected chi connectivity index (χ3v) is 6.36. The molecule has 2 amide bonds. The van der Waals surface area contributed by atoms with Crippen LogP contribution in [0.2, 0.25) is 0 Å². The van der Waals surface area contributed by atoms with E-state index in [-0.39, 0.29) is 18.4 Å². The van der Waals surface area contributed by atoms with Gasteiger partial charge < -0.3 is 15.0 Å². The Kier molecular flexibility index (Phi) is 5.97. The molecule has 0 saturated carbocycles. The predicted octanol–water partition coefficient (Wildman–Crippen LogP) is 1.97. The quantitative estimate of drug-likeness (QED) is 0.810. The third kappa shape index (κ3) is 4.36. The van der Waals surface area contributed by atoms with Crippen molar-refractivity contribution in [3.05, 3.63) is 41.6 Å². The number of aromatic nitrogens is 1. The first-order chi connectivity index (χ1) is 14.2. The standard InChI is InChI=1S/C21H22N4O3S/c22-9-16-12-29-13-25(16)20(26)10-24-21(27)17-3-5-23-19-2-1-14(8-18(17)19)7-15-4-6-28-11-15/h1-3,5,8,15-16H,4,6-7,10-13H2,(H,24,27)/t15-,16-/m1/s1. The second-order valence-electron chi connectivity index (χ2n) is 7.33. The fourth-order valence-electron chi connectivity index (χ4n) is 3.74. The first kappa shape index (κ1) is 19.7. The molecule has 4 rings (SSSR count). The lowest BCUT2D eigenvalue weighted by Crippen LogP contribution is -2.42. The van der Waals surface area contributed by atoms with Crippen LogP contribution in [-0.4, -0.2) is 59.1 Å². The fraction of sp³-hybridized carbons (Fsp3) is 0.429. The van der Waals surface area contributed by atoms with Gasteiger partial charge in [0.1, 0.15) is 6.04 Å². The lowest BCUT2D eigenvalue weighted by atomic mass is 9.96. The van der Waals surface area contributed by atoms with Crippen LogP contribution in [0, 0.1) is 17.2 Å². The average Bonchev–Trinajstić information content (AvgIpc) is 3.43. The maximum Gasteiger partial charge on any atom is 0.252 e.